The van der Waals surface area contributed by atoms with Crippen LogP contribution in [0.3, 0.4) is 0 Å². The Morgan fingerprint density at radius 1 is 1.53 bits per heavy atom. The molecule has 1 heterocycles. The van der Waals surface area contributed by atoms with Gasteiger partial charge in [0.15, 0.2) is 0 Å². The average Bonchev–Trinajstić information content (AvgIpc) is 2.49. The molecule has 1 aromatic heterocycles. The van der Waals surface area contributed by atoms with Gasteiger partial charge in [0.25, 0.3) is 5.91 Å². The van der Waals surface area contributed by atoms with E-state index in [-0.39, 0.29) is 11.9 Å². The Morgan fingerprint density at radius 3 is 2.67 bits per heavy atom. The van der Waals surface area contributed by atoms with Crippen molar-refractivity contribution in [2.75, 3.05) is 0 Å². The molecular formula is C11H18N2OS. The van der Waals surface area contributed by atoms with Crippen LogP contribution in [0.2, 0.25) is 0 Å². The van der Waals surface area contributed by atoms with Gasteiger partial charge in [0.2, 0.25) is 0 Å². The van der Waals surface area contributed by atoms with E-state index < -0.39 is 0 Å². The average molecular weight is 226 g/mol. The first kappa shape index (κ1) is 12.2. The zero-order chi connectivity index (χ0) is 11.4. The maximum Gasteiger partial charge on any atom is 0.263 e. The summed E-state index contributed by atoms with van der Waals surface area (Å²) in [5.41, 5.74) is 2.52. The van der Waals surface area contributed by atoms with Crippen molar-refractivity contribution < 1.29 is 4.79 Å². The van der Waals surface area contributed by atoms with E-state index in [1.54, 1.807) is 5.51 Å². The summed E-state index contributed by atoms with van der Waals surface area (Å²) in [6, 6.07) is 0.221. The first-order valence-electron chi connectivity index (χ1n) is 5.21. The number of carbonyl (C=O) groups is 1. The summed E-state index contributed by atoms with van der Waals surface area (Å²) in [5, 5.41) is 2.99. The summed E-state index contributed by atoms with van der Waals surface area (Å²) in [6.45, 7) is 8.20. The molecule has 0 aliphatic rings. The quantitative estimate of drug-likeness (QED) is 0.857. The summed E-state index contributed by atoms with van der Waals surface area (Å²) in [6.07, 6.45) is 1.00. The van der Waals surface area contributed by atoms with E-state index in [0.717, 1.165) is 17.0 Å². The fraction of sp³-hybridized carbons (Fsp3) is 0.636. The maximum absolute atomic E-state index is 11.8. The lowest BCUT2D eigenvalue weighted by Gasteiger charge is -2.15. The Balaban J connectivity index is 2.53. The minimum atomic E-state index is 0.00292. The maximum atomic E-state index is 11.8. The Hall–Kier alpha value is -0.900. The highest BCUT2D eigenvalue weighted by atomic mass is 32.1. The fourth-order valence-corrected chi connectivity index (χ4v) is 2.28. The van der Waals surface area contributed by atoms with Crippen molar-refractivity contribution in [3.8, 4) is 0 Å². The summed E-state index contributed by atoms with van der Waals surface area (Å²) in [4.78, 5) is 16.6. The summed E-state index contributed by atoms with van der Waals surface area (Å²) in [5.74, 6) is 0.603. The highest BCUT2D eigenvalue weighted by Gasteiger charge is 2.14. The molecule has 3 nitrogen and oxygen atoms in total. The van der Waals surface area contributed by atoms with Crippen LogP contribution in [-0.2, 0) is 0 Å². The van der Waals surface area contributed by atoms with Crippen LogP contribution in [0.1, 0.15) is 42.6 Å². The molecule has 1 rings (SSSR count). The highest BCUT2D eigenvalue weighted by molar-refractivity contribution is 7.11. The Labute approximate surface area is 94.9 Å². The van der Waals surface area contributed by atoms with Crippen molar-refractivity contribution in [2.24, 2.45) is 5.92 Å². The van der Waals surface area contributed by atoms with Gasteiger partial charge < -0.3 is 5.32 Å². The molecule has 1 unspecified atom stereocenters. The zero-order valence-electron chi connectivity index (χ0n) is 9.70. The van der Waals surface area contributed by atoms with Crippen molar-refractivity contribution in [3.05, 3.63) is 16.1 Å². The van der Waals surface area contributed by atoms with E-state index in [1.165, 1.54) is 11.3 Å². The van der Waals surface area contributed by atoms with Crippen LogP contribution in [0.25, 0.3) is 0 Å². The van der Waals surface area contributed by atoms with Crippen LogP contribution >= 0.6 is 11.3 Å². The molecule has 1 aromatic rings. The van der Waals surface area contributed by atoms with Gasteiger partial charge in [0.05, 0.1) is 11.2 Å². The van der Waals surface area contributed by atoms with Gasteiger partial charge in [-0.25, -0.2) is 4.98 Å². The normalized spacial score (nSPS) is 12.9. The number of nitrogens with one attached hydrogen (secondary N) is 1. The molecular weight excluding hydrogens is 208 g/mol. The second-order valence-electron chi connectivity index (χ2n) is 4.27. The van der Waals surface area contributed by atoms with Gasteiger partial charge in [-0.1, -0.05) is 13.8 Å². The predicted molar refractivity (Wildman–Crippen MR) is 63.2 cm³/mol. The number of amides is 1. The molecule has 4 heteroatoms. The number of aryl methyl sites for hydroxylation is 1. The minimum absolute atomic E-state index is 0.00292. The van der Waals surface area contributed by atoms with Crippen LogP contribution in [-0.4, -0.2) is 16.9 Å². The van der Waals surface area contributed by atoms with Crippen LogP contribution in [0.5, 0.6) is 0 Å². The van der Waals surface area contributed by atoms with E-state index in [1.807, 2.05) is 13.8 Å². The zero-order valence-corrected chi connectivity index (χ0v) is 10.5. The first-order chi connectivity index (χ1) is 7.00. The molecule has 1 atom stereocenters. The molecule has 0 radical (unpaired) electrons. The molecule has 0 spiro atoms. The second kappa shape index (κ2) is 5.26. The molecule has 15 heavy (non-hydrogen) atoms. The van der Waals surface area contributed by atoms with Crippen molar-refractivity contribution in [1.82, 2.24) is 10.3 Å². The molecule has 0 fully saturated rings. The van der Waals surface area contributed by atoms with E-state index in [9.17, 15) is 4.79 Å². The smallest absolute Gasteiger partial charge is 0.263 e. The first-order valence-corrected chi connectivity index (χ1v) is 6.09. The van der Waals surface area contributed by atoms with Gasteiger partial charge in [0.1, 0.15) is 4.88 Å². The van der Waals surface area contributed by atoms with E-state index in [2.05, 4.69) is 24.1 Å². The highest BCUT2D eigenvalue weighted by Crippen LogP contribution is 2.12. The fourth-order valence-electron chi connectivity index (χ4n) is 1.58. The van der Waals surface area contributed by atoms with E-state index >= 15 is 0 Å². The lowest BCUT2D eigenvalue weighted by atomic mass is 10.1. The SMILES string of the molecule is Cc1ncsc1C(=O)NC(C)CC(C)C. The summed E-state index contributed by atoms with van der Waals surface area (Å²) in [7, 11) is 0. The van der Waals surface area contributed by atoms with Crippen LogP contribution in [0, 0.1) is 12.8 Å². The number of aromatic nitrogens is 1. The van der Waals surface area contributed by atoms with Gasteiger partial charge in [-0.05, 0) is 26.2 Å². The predicted octanol–water partition coefficient (Wildman–Crippen LogP) is 2.62. The van der Waals surface area contributed by atoms with Gasteiger partial charge in [-0.3, -0.25) is 4.79 Å². The minimum Gasteiger partial charge on any atom is -0.349 e. The third kappa shape index (κ3) is 3.63. The third-order valence-electron chi connectivity index (χ3n) is 2.15. The topological polar surface area (TPSA) is 42.0 Å². The van der Waals surface area contributed by atoms with Crippen molar-refractivity contribution in [1.29, 1.82) is 0 Å². The van der Waals surface area contributed by atoms with Crippen LogP contribution in [0.15, 0.2) is 5.51 Å². The lowest BCUT2D eigenvalue weighted by molar-refractivity contribution is 0.0939. The van der Waals surface area contributed by atoms with Gasteiger partial charge in [-0.2, -0.15) is 0 Å². The monoisotopic (exact) mass is 226 g/mol. The Morgan fingerprint density at radius 2 is 2.20 bits per heavy atom. The van der Waals surface area contributed by atoms with Crippen molar-refractivity contribution >= 4 is 17.2 Å². The molecule has 0 saturated heterocycles. The molecule has 0 saturated carbocycles. The van der Waals surface area contributed by atoms with E-state index in [0.29, 0.717) is 5.92 Å². The van der Waals surface area contributed by atoms with Gasteiger partial charge in [0, 0.05) is 6.04 Å². The van der Waals surface area contributed by atoms with Gasteiger partial charge >= 0.3 is 0 Å². The Bertz CT molecular complexity index is 333. The Kier molecular flexibility index (Phi) is 4.27. The second-order valence-corrected chi connectivity index (χ2v) is 5.13. The van der Waals surface area contributed by atoms with Crippen LogP contribution in [0.4, 0.5) is 0 Å². The molecule has 0 bridgehead atoms. The number of nitrogens with zero attached hydrogens (tertiary/aromatic N) is 1. The molecule has 0 aliphatic carbocycles. The molecule has 1 amide bonds. The number of thiazole rings is 1. The summed E-state index contributed by atoms with van der Waals surface area (Å²) >= 11 is 1.40. The number of carbonyl (C=O) groups excluding carboxylic acids is 1. The van der Waals surface area contributed by atoms with Crippen molar-refractivity contribution in [2.45, 2.75) is 40.2 Å². The largest absolute Gasteiger partial charge is 0.349 e. The van der Waals surface area contributed by atoms with Crippen LogP contribution < -0.4 is 5.32 Å². The standard InChI is InChI=1S/C11H18N2OS/c1-7(2)5-8(3)13-11(14)10-9(4)12-6-15-10/h6-8H,5H2,1-4H3,(H,13,14). The molecule has 0 aliphatic heterocycles. The lowest BCUT2D eigenvalue weighted by Crippen LogP contribution is -2.33. The van der Waals surface area contributed by atoms with Gasteiger partial charge in [-0.15, -0.1) is 11.3 Å². The molecule has 84 valence electrons. The van der Waals surface area contributed by atoms with Crippen molar-refractivity contribution in [3.63, 3.8) is 0 Å². The number of hydrogen-bond acceptors (Lipinski definition) is 3. The molecule has 1 N–H and O–H groups in total. The number of rotatable bonds is 4. The summed E-state index contributed by atoms with van der Waals surface area (Å²) < 4.78 is 0. The molecule has 0 aromatic carbocycles. The number of hydrogen-bond donors (Lipinski definition) is 1. The third-order valence-corrected chi connectivity index (χ3v) is 3.08. The van der Waals surface area contributed by atoms with E-state index in [4.69, 9.17) is 0 Å².